The van der Waals surface area contributed by atoms with Crippen molar-refractivity contribution in [2.24, 2.45) is 0 Å². The van der Waals surface area contributed by atoms with Crippen LogP contribution in [0.2, 0.25) is 0 Å². The van der Waals surface area contributed by atoms with Gasteiger partial charge in [0.1, 0.15) is 5.69 Å². The molecule has 0 atom stereocenters. The number of hydrogen-bond donors (Lipinski definition) is 1. The second-order valence-corrected chi connectivity index (χ2v) is 5.22. The van der Waals surface area contributed by atoms with Crippen LogP contribution in [-0.4, -0.2) is 18.1 Å². The Labute approximate surface area is 122 Å². The van der Waals surface area contributed by atoms with Crippen molar-refractivity contribution in [2.45, 2.75) is 0 Å². The molecule has 0 unspecified atom stereocenters. The zero-order chi connectivity index (χ0) is 14.3. The molecule has 4 nitrogen and oxygen atoms in total. The Kier molecular flexibility index (Phi) is 3.06. The summed E-state index contributed by atoms with van der Waals surface area (Å²) >= 11 is 3.47. The number of fused-ring (bicyclic) bond motifs is 3. The van der Waals surface area contributed by atoms with Crippen LogP contribution in [0, 0.1) is 0 Å². The number of hydrogen-bond acceptors (Lipinski definition) is 3. The van der Waals surface area contributed by atoms with Crippen LogP contribution in [0.25, 0.3) is 21.7 Å². The lowest BCUT2D eigenvalue weighted by molar-refractivity contribution is 0.0594. The van der Waals surface area contributed by atoms with Crippen molar-refractivity contribution >= 4 is 43.6 Å². The van der Waals surface area contributed by atoms with Crippen LogP contribution >= 0.6 is 15.9 Å². The van der Waals surface area contributed by atoms with E-state index in [0.29, 0.717) is 10.9 Å². The molecule has 0 aliphatic carbocycles. The SMILES string of the molecule is COC(=O)c1cc(=O)c2cc(Br)c3ccccc3c2[nH]1. The number of benzene rings is 2. The molecule has 1 N–H and O–H groups in total. The van der Waals surface area contributed by atoms with E-state index in [-0.39, 0.29) is 11.1 Å². The van der Waals surface area contributed by atoms with E-state index in [1.165, 1.54) is 13.2 Å². The van der Waals surface area contributed by atoms with Crippen molar-refractivity contribution in [3.05, 3.63) is 56.8 Å². The summed E-state index contributed by atoms with van der Waals surface area (Å²) in [5, 5.41) is 2.38. The maximum atomic E-state index is 12.2. The molecule has 0 fully saturated rings. The smallest absolute Gasteiger partial charge is 0.354 e. The number of aromatic amines is 1. The minimum atomic E-state index is -0.559. The van der Waals surface area contributed by atoms with Gasteiger partial charge in [-0.1, -0.05) is 40.2 Å². The van der Waals surface area contributed by atoms with E-state index < -0.39 is 5.97 Å². The molecule has 1 heterocycles. The number of carbonyl (C=O) groups excluding carboxylic acids is 1. The van der Waals surface area contributed by atoms with Gasteiger partial charge in [-0.2, -0.15) is 0 Å². The molecule has 0 aliphatic rings. The van der Waals surface area contributed by atoms with Gasteiger partial charge < -0.3 is 9.72 Å². The molecule has 0 bridgehead atoms. The first-order chi connectivity index (χ1) is 9.61. The molecule has 5 heteroatoms. The van der Waals surface area contributed by atoms with Gasteiger partial charge in [-0.25, -0.2) is 4.79 Å². The molecular formula is C15H10BrNO3. The molecule has 0 spiro atoms. The first-order valence-electron chi connectivity index (χ1n) is 5.94. The predicted octanol–water partition coefficient (Wildman–Crippen LogP) is 3.23. The Hall–Kier alpha value is -2.14. The van der Waals surface area contributed by atoms with Crippen LogP contribution in [0.1, 0.15) is 10.5 Å². The average molecular weight is 332 g/mol. The third-order valence-corrected chi connectivity index (χ3v) is 3.86. The van der Waals surface area contributed by atoms with E-state index in [0.717, 1.165) is 15.2 Å². The van der Waals surface area contributed by atoms with Gasteiger partial charge in [-0.3, -0.25) is 4.79 Å². The predicted molar refractivity (Wildman–Crippen MR) is 81.1 cm³/mol. The molecule has 100 valence electrons. The average Bonchev–Trinajstić information content (AvgIpc) is 2.47. The molecular weight excluding hydrogens is 322 g/mol. The molecule has 2 aromatic carbocycles. The summed E-state index contributed by atoms with van der Waals surface area (Å²) in [6, 6.07) is 10.7. The Morgan fingerprint density at radius 1 is 1.15 bits per heavy atom. The van der Waals surface area contributed by atoms with Crippen LogP contribution < -0.4 is 5.43 Å². The highest BCUT2D eigenvalue weighted by Gasteiger charge is 2.12. The number of halogens is 1. The maximum absolute atomic E-state index is 12.2. The van der Waals surface area contributed by atoms with Gasteiger partial charge in [-0.05, 0) is 11.5 Å². The fourth-order valence-corrected chi connectivity index (χ4v) is 2.83. The monoisotopic (exact) mass is 331 g/mol. The van der Waals surface area contributed by atoms with E-state index in [1.54, 1.807) is 6.07 Å². The molecule has 0 radical (unpaired) electrons. The third kappa shape index (κ3) is 1.91. The zero-order valence-corrected chi connectivity index (χ0v) is 12.2. The number of ether oxygens (including phenoxy) is 1. The van der Waals surface area contributed by atoms with Crippen molar-refractivity contribution in [1.29, 1.82) is 0 Å². The number of nitrogens with one attached hydrogen (secondary N) is 1. The minimum absolute atomic E-state index is 0.150. The number of pyridine rings is 1. The van der Waals surface area contributed by atoms with Crippen molar-refractivity contribution < 1.29 is 9.53 Å². The van der Waals surface area contributed by atoms with Gasteiger partial charge in [-0.15, -0.1) is 0 Å². The summed E-state index contributed by atoms with van der Waals surface area (Å²) in [6.45, 7) is 0. The number of aromatic nitrogens is 1. The lowest BCUT2D eigenvalue weighted by atomic mass is 10.1. The molecule has 0 saturated heterocycles. The summed E-state index contributed by atoms with van der Waals surface area (Å²) < 4.78 is 5.50. The summed E-state index contributed by atoms with van der Waals surface area (Å²) in [6.07, 6.45) is 0. The standard InChI is InChI=1S/C15H10BrNO3/c1-20-15(19)12-7-13(18)10-6-11(16)8-4-2-3-5-9(8)14(10)17-12/h2-7H,1H3,(H,17,18). The van der Waals surface area contributed by atoms with Crippen LogP contribution in [0.4, 0.5) is 0 Å². The molecule has 20 heavy (non-hydrogen) atoms. The fourth-order valence-electron chi connectivity index (χ4n) is 2.26. The molecule has 1 aromatic heterocycles. The minimum Gasteiger partial charge on any atom is -0.464 e. The number of H-pyrrole nitrogens is 1. The van der Waals surface area contributed by atoms with E-state index in [9.17, 15) is 9.59 Å². The molecule has 0 saturated carbocycles. The van der Waals surface area contributed by atoms with Gasteiger partial charge in [0.2, 0.25) is 0 Å². The van der Waals surface area contributed by atoms with Gasteiger partial charge in [0.25, 0.3) is 0 Å². The van der Waals surface area contributed by atoms with Crippen molar-refractivity contribution in [3.8, 4) is 0 Å². The number of esters is 1. The Morgan fingerprint density at radius 3 is 2.55 bits per heavy atom. The second kappa shape index (κ2) is 4.76. The Balaban J connectivity index is 2.51. The van der Waals surface area contributed by atoms with Crippen LogP contribution in [0.5, 0.6) is 0 Å². The molecule has 3 aromatic rings. The molecule has 0 amide bonds. The highest BCUT2D eigenvalue weighted by Crippen LogP contribution is 2.29. The number of methoxy groups -OCH3 is 1. The first kappa shape index (κ1) is 12.9. The first-order valence-corrected chi connectivity index (χ1v) is 6.73. The third-order valence-electron chi connectivity index (χ3n) is 3.20. The fraction of sp³-hybridized carbons (Fsp3) is 0.0667. The highest BCUT2D eigenvalue weighted by molar-refractivity contribution is 9.10. The van der Waals surface area contributed by atoms with Gasteiger partial charge in [0, 0.05) is 21.3 Å². The van der Waals surface area contributed by atoms with Crippen LogP contribution in [-0.2, 0) is 4.74 Å². The summed E-state index contributed by atoms with van der Waals surface area (Å²) in [7, 11) is 1.28. The Morgan fingerprint density at radius 2 is 1.85 bits per heavy atom. The normalized spacial score (nSPS) is 10.9. The largest absolute Gasteiger partial charge is 0.464 e. The zero-order valence-electron chi connectivity index (χ0n) is 10.6. The quantitative estimate of drug-likeness (QED) is 0.550. The van der Waals surface area contributed by atoms with Gasteiger partial charge >= 0.3 is 5.97 Å². The maximum Gasteiger partial charge on any atom is 0.354 e. The van der Waals surface area contributed by atoms with Gasteiger partial charge in [0.15, 0.2) is 5.43 Å². The van der Waals surface area contributed by atoms with Crippen molar-refractivity contribution in [2.75, 3.05) is 7.11 Å². The number of rotatable bonds is 1. The summed E-state index contributed by atoms with van der Waals surface area (Å²) in [5.74, 6) is -0.559. The highest BCUT2D eigenvalue weighted by atomic mass is 79.9. The van der Waals surface area contributed by atoms with Crippen molar-refractivity contribution in [1.82, 2.24) is 4.98 Å². The number of carbonyl (C=O) groups is 1. The van der Waals surface area contributed by atoms with E-state index in [2.05, 4.69) is 25.7 Å². The lowest BCUT2D eigenvalue weighted by Crippen LogP contribution is -2.11. The van der Waals surface area contributed by atoms with Crippen molar-refractivity contribution in [3.63, 3.8) is 0 Å². The molecule has 0 aliphatic heterocycles. The summed E-state index contributed by atoms with van der Waals surface area (Å²) in [4.78, 5) is 26.8. The van der Waals surface area contributed by atoms with Gasteiger partial charge in [0.05, 0.1) is 12.6 Å². The second-order valence-electron chi connectivity index (χ2n) is 4.37. The topological polar surface area (TPSA) is 59.2 Å². The molecule has 3 rings (SSSR count). The lowest BCUT2D eigenvalue weighted by Gasteiger charge is -2.07. The summed E-state index contributed by atoms with van der Waals surface area (Å²) in [5.41, 5.74) is 0.569. The van der Waals surface area contributed by atoms with Crippen LogP contribution in [0.3, 0.4) is 0 Å². The van der Waals surface area contributed by atoms with E-state index in [1.807, 2.05) is 24.3 Å². The Bertz CT molecular complexity index is 899. The van der Waals surface area contributed by atoms with E-state index in [4.69, 9.17) is 0 Å². The van der Waals surface area contributed by atoms with E-state index >= 15 is 0 Å². The van der Waals surface area contributed by atoms with Crippen LogP contribution in [0.15, 0.2) is 45.7 Å².